The highest BCUT2D eigenvalue weighted by molar-refractivity contribution is 5.88. The normalized spacial score (nSPS) is 28.9. The van der Waals surface area contributed by atoms with E-state index in [2.05, 4.69) is 13.2 Å². The van der Waals surface area contributed by atoms with Gasteiger partial charge in [0.05, 0.1) is 18.9 Å². The summed E-state index contributed by atoms with van der Waals surface area (Å²) in [5, 5.41) is 0. The third-order valence-corrected chi connectivity index (χ3v) is 4.08. The van der Waals surface area contributed by atoms with Crippen LogP contribution in [0.25, 0.3) is 0 Å². The summed E-state index contributed by atoms with van der Waals surface area (Å²) in [6.07, 6.45) is 7.58. The van der Waals surface area contributed by atoms with Crippen LogP contribution in [-0.4, -0.2) is 23.6 Å². The lowest BCUT2D eigenvalue weighted by Crippen LogP contribution is -2.34. The summed E-state index contributed by atoms with van der Waals surface area (Å²) >= 11 is 0. The Morgan fingerprint density at radius 3 is 2.20 bits per heavy atom. The minimum Gasteiger partial charge on any atom is -0.469 e. The zero-order valence-corrected chi connectivity index (χ0v) is 11.6. The van der Waals surface area contributed by atoms with E-state index >= 15 is 0 Å². The van der Waals surface area contributed by atoms with E-state index < -0.39 is 11.8 Å². The molecule has 106 valence electrons. The molecule has 1 aromatic heterocycles. The highest BCUT2D eigenvalue weighted by Crippen LogP contribution is 2.44. The monoisotopic (exact) mass is 273 g/mol. The second-order valence-corrected chi connectivity index (χ2v) is 5.04. The molecule has 2 rings (SSSR count). The molecule has 0 N–H and O–H groups in total. The number of carbonyl (C=O) groups is 2. The first-order chi connectivity index (χ1) is 9.63. The highest BCUT2D eigenvalue weighted by atomic mass is 16.5. The summed E-state index contributed by atoms with van der Waals surface area (Å²) in [6, 6.07) is 3.57. The molecule has 1 fully saturated rings. The maximum absolute atomic E-state index is 12.6. The first-order valence-electron chi connectivity index (χ1n) is 6.64. The molecule has 0 radical (unpaired) electrons. The van der Waals surface area contributed by atoms with Gasteiger partial charge < -0.3 is 4.74 Å². The van der Waals surface area contributed by atoms with Gasteiger partial charge in [0.15, 0.2) is 0 Å². The summed E-state index contributed by atoms with van der Waals surface area (Å²) in [4.78, 5) is 24.7. The van der Waals surface area contributed by atoms with Crippen LogP contribution in [0.2, 0.25) is 0 Å². The molecule has 0 aromatic carbocycles. The SMILES string of the molecule is C=CC1CC(C=C)C(C(=O)n2cccc2)C1C(=O)OC. The summed E-state index contributed by atoms with van der Waals surface area (Å²) in [6.45, 7) is 7.57. The van der Waals surface area contributed by atoms with Crippen LogP contribution in [-0.2, 0) is 9.53 Å². The summed E-state index contributed by atoms with van der Waals surface area (Å²) in [7, 11) is 1.35. The first kappa shape index (κ1) is 14.3. The predicted octanol–water partition coefficient (Wildman–Crippen LogP) is 2.54. The minimum absolute atomic E-state index is 0.0444. The Kier molecular flexibility index (Phi) is 4.23. The molecule has 1 aliphatic carbocycles. The fraction of sp³-hybridized carbons (Fsp3) is 0.375. The van der Waals surface area contributed by atoms with Crippen molar-refractivity contribution in [1.82, 2.24) is 4.57 Å². The van der Waals surface area contributed by atoms with Crippen LogP contribution in [0, 0.1) is 23.7 Å². The fourth-order valence-corrected chi connectivity index (χ4v) is 3.07. The van der Waals surface area contributed by atoms with E-state index in [0.29, 0.717) is 6.42 Å². The molecule has 0 amide bonds. The van der Waals surface area contributed by atoms with Crippen LogP contribution in [0.3, 0.4) is 0 Å². The quantitative estimate of drug-likeness (QED) is 0.625. The van der Waals surface area contributed by atoms with Crippen LogP contribution < -0.4 is 0 Å². The molecular weight excluding hydrogens is 254 g/mol. The Morgan fingerprint density at radius 1 is 1.15 bits per heavy atom. The Bertz CT molecular complexity index is 518. The van der Waals surface area contributed by atoms with Gasteiger partial charge in [0.25, 0.3) is 0 Å². The number of ether oxygens (including phenoxy) is 1. The number of hydrogen-bond donors (Lipinski definition) is 0. The molecule has 4 nitrogen and oxygen atoms in total. The molecule has 4 heteroatoms. The molecule has 1 heterocycles. The van der Waals surface area contributed by atoms with E-state index in [1.807, 2.05) is 0 Å². The van der Waals surface area contributed by atoms with Crippen molar-refractivity contribution < 1.29 is 14.3 Å². The van der Waals surface area contributed by atoms with E-state index in [4.69, 9.17) is 4.74 Å². The number of nitrogens with zero attached hydrogens (tertiary/aromatic N) is 1. The molecule has 4 atom stereocenters. The summed E-state index contributed by atoms with van der Waals surface area (Å²) in [5.74, 6) is -1.50. The van der Waals surface area contributed by atoms with Crippen LogP contribution in [0.4, 0.5) is 0 Å². The van der Waals surface area contributed by atoms with Gasteiger partial charge in [-0.1, -0.05) is 12.2 Å². The van der Waals surface area contributed by atoms with E-state index in [1.54, 1.807) is 36.7 Å². The summed E-state index contributed by atoms with van der Waals surface area (Å²) in [5.41, 5.74) is 0. The van der Waals surface area contributed by atoms with Gasteiger partial charge in [-0.2, -0.15) is 0 Å². The maximum Gasteiger partial charge on any atom is 0.310 e. The number of aromatic nitrogens is 1. The van der Waals surface area contributed by atoms with Crippen LogP contribution in [0.15, 0.2) is 49.8 Å². The van der Waals surface area contributed by atoms with Crippen LogP contribution in [0.5, 0.6) is 0 Å². The van der Waals surface area contributed by atoms with E-state index in [1.165, 1.54) is 11.7 Å². The van der Waals surface area contributed by atoms with Gasteiger partial charge in [-0.15, -0.1) is 13.2 Å². The standard InChI is InChI=1S/C16H19NO3/c1-4-11-10-12(5-2)14(16(19)20-3)13(11)15(18)17-8-6-7-9-17/h4-9,11-14H,1-2,10H2,3H3. The molecule has 0 bridgehead atoms. The zero-order valence-electron chi connectivity index (χ0n) is 11.6. The summed E-state index contributed by atoms with van der Waals surface area (Å²) < 4.78 is 6.39. The number of carbonyl (C=O) groups excluding carboxylic acids is 2. The van der Waals surface area contributed by atoms with Gasteiger partial charge in [0, 0.05) is 12.4 Å². The highest BCUT2D eigenvalue weighted by Gasteiger charge is 2.49. The average molecular weight is 273 g/mol. The van der Waals surface area contributed by atoms with Crippen molar-refractivity contribution in [3.05, 3.63) is 49.8 Å². The topological polar surface area (TPSA) is 48.3 Å². The van der Waals surface area contributed by atoms with Gasteiger partial charge in [0.1, 0.15) is 0 Å². The lowest BCUT2D eigenvalue weighted by atomic mass is 9.86. The van der Waals surface area contributed by atoms with Gasteiger partial charge in [0.2, 0.25) is 5.91 Å². The number of allylic oxidation sites excluding steroid dienone is 2. The molecule has 20 heavy (non-hydrogen) atoms. The van der Waals surface area contributed by atoms with Crippen molar-refractivity contribution in [3.63, 3.8) is 0 Å². The van der Waals surface area contributed by atoms with Crippen molar-refractivity contribution in [1.29, 1.82) is 0 Å². The van der Waals surface area contributed by atoms with Gasteiger partial charge in [-0.3, -0.25) is 14.2 Å². The third-order valence-electron chi connectivity index (χ3n) is 4.08. The second-order valence-electron chi connectivity index (χ2n) is 5.04. The van der Waals surface area contributed by atoms with E-state index in [9.17, 15) is 9.59 Å². The van der Waals surface area contributed by atoms with Gasteiger partial charge in [-0.05, 0) is 30.4 Å². The fourth-order valence-electron chi connectivity index (χ4n) is 3.07. The number of rotatable bonds is 4. The number of esters is 1. The average Bonchev–Trinajstić information content (AvgIpc) is 3.12. The number of methoxy groups -OCH3 is 1. The molecular formula is C16H19NO3. The largest absolute Gasteiger partial charge is 0.469 e. The molecule has 0 aliphatic heterocycles. The van der Waals surface area contributed by atoms with E-state index in [0.717, 1.165) is 0 Å². The van der Waals surface area contributed by atoms with Crippen molar-refractivity contribution in [2.45, 2.75) is 6.42 Å². The van der Waals surface area contributed by atoms with Crippen molar-refractivity contribution >= 4 is 11.9 Å². The Hall–Kier alpha value is -2.10. The molecule has 4 unspecified atom stereocenters. The van der Waals surface area contributed by atoms with Crippen LogP contribution >= 0.6 is 0 Å². The lowest BCUT2D eigenvalue weighted by molar-refractivity contribution is -0.147. The smallest absolute Gasteiger partial charge is 0.310 e. The van der Waals surface area contributed by atoms with Crippen molar-refractivity contribution in [2.75, 3.05) is 7.11 Å². The second kappa shape index (κ2) is 5.90. The Balaban J connectivity index is 2.38. The molecule has 1 aliphatic rings. The molecule has 0 spiro atoms. The van der Waals surface area contributed by atoms with Crippen molar-refractivity contribution in [2.24, 2.45) is 23.7 Å². The lowest BCUT2D eigenvalue weighted by Gasteiger charge is -2.22. The predicted molar refractivity (Wildman–Crippen MR) is 76.0 cm³/mol. The number of hydrogen-bond acceptors (Lipinski definition) is 3. The third kappa shape index (κ3) is 2.33. The van der Waals surface area contributed by atoms with Crippen LogP contribution in [0.1, 0.15) is 11.2 Å². The van der Waals surface area contributed by atoms with Gasteiger partial charge in [-0.25, -0.2) is 0 Å². The van der Waals surface area contributed by atoms with Crippen molar-refractivity contribution in [3.8, 4) is 0 Å². The molecule has 1 aromatic rings. The minimum atomic E-state index is -0.490. The maximum atomic E-state index is 12.6. The molecule has 0 saturated heterocycles. The zero-order chi connectivity index (χ0) is 14.7. The molecule has 1 saturated carbocycles. The Labute approximate surface area is 118 Å². The van der Waals surface area contributed by atoms with Gasteiger partial charge >= 0.3 is 5.97 Å². The van der Waals surface area contributed by atoms with E-state index in [-0.39, 0.29) is 23.7 Å². The first-order valence-corrected chi connectivity index (χ1v) is 6.64. The Morgan fingerprint density at radius 2 is 1.70 bits per heavy atom.